The van der Waals surface area contributed by atoms with Gasteiger partial charge in [0.25, 0.3) is 11.8 Å². The van der Waals surface area contributed by atoms with Crippen molar-refractivity contribution >= 4 is 23.6 Å². The summed E-state index contributed by atoms with van der Waals surface area (Å²) in [5.74, 6) is -1.55. The summed E-state index contributed by atoms with van der Waals surface area (Å²) in [6.45, 7) is 3.69. The highest BCUT2D eigenvalue weighted by Crippen LogP contribution is 2.27. The monoisotopic (exact) mass is 399 g/mol. The first-order valence-electron chi connectivity index (χ1n) is 10.4. The van der Waals surface area contributed by atoms with Crippen molar-refractivity contribution in [1.29, 1.82) is 0 Å². The Labute approximate surface area is 171 Å². The Morgan fingerprint density at radius 2 is 1.62 bits per heavy atom. The van der Waals surface area contributed by atoms with Gasteiger partial charge in [0, 0.05) is 6.04 Å². The van der Waals surface area contributed by atoms with Gasteiger partial charge in [-0.1, -0.05) is 45.2 Å². The van der Waals surface area contributed by atoms with Crippen molar-refractivity contribution < 1.29 is 19.2 Å². The molecule has 1 aliphatic carbocycles. The Hall–Kier alpha value is -2.70. The molecule has 1 aromatic carbocycles. The van der Waals surface area contributed by atoms with Gasteiger partial charge in [-0.15, -0.1) is 0 Å². The van der Waals surface area contributed by atoms with Crippen LogP contribution in [0.3, 0.4) is 0 Å². The van der Waals surface area contributed by atoms with E-state index in [1.165, 1.54) is 6.42 Å². The molecule has 1 unspecified atom stereocenters. The molecule has 1 atom stereocenters. The summed E-state index contributed by atoms with van der Waals surface area (Å²) in [6, 6.07) is 5.80. The molecule has 4 amide bonds. The van der Waals surface area contributed by atoms with Gasteiger partial charge in [-0.2, -0.15) is 0 Å². The second-order valence-electron chi connectivity index (χ2n) is 8.29. The Balaban J connectivity index is 1.65. The average molecular weight is 399 g/mol. The lowest BCUT2D eigenvalue weighted by atomic mass is 9.95. The van der Waals surface area contributed by atoms with E-state index in [9.17, 15) is 19.2 Å². The SMILES string of the molecule is CC(C)CC(C(=O)NCC(=O)NC1CCCCC1)N1C(=O)c2ccccc2C1=O. The molecule has 156 valence electrons. The van der Waals surface area contributed by atoms with Crippen LogP contribution in [-0.2, 0) is 9.59 Å². The molecule has 0 radical (unpaired) electrons. The van der Waals surface area contributed by atoms with E-state index in [-0.39, 0.29) is 24.4 Å². The van der Waals surface area contributed by atoms with Crippen LogP contribution < -0.4 is 10.6 Å². The third-order valence-electron chi connectivity index (χ3n) is 5.53. The number of hydrogen-bond donors (Lipinski definition) is 2. The van der Waals surface area contributed by atoms with Crippen molar-refractivity contribution in [3.8, 4) is 0 Å². The summed E-state index contributed by atoms with van der Waals surface area (Å²) in [5.41, 5.74) is 0.628. The lowest BCUT2D eigenvalue weighted by molar-refractivity contribution is -0.129. The molecule has 0 aromatic heterocycles. The van der Waals surface area contributed by atoms with Crippen LogP contribution in [0.25, 0.3) is 0 Å². The van der Waals surface area contributed by atoms with Crippen LogP contribution in [0.4, 0.5) is 0 Å². The van der Waals surface area contributed by atoms with Gasteiger partial charge < -0.3 is 10.6 Å². The molecule has 1 saturated carbocycles. The summed E-state index contributed by atoms with van der Waals surface area (Å²) >= 11 is 0. The Morgan fingerprint density at radius 1 is 1.03 bits per heavy atom. The van der Waals surface area contributed by atoms with Crippen molar-refractivity contribution in [2.75, 3.05) is 6.54 Å². The minimum absolute atomic E-state index is 0.0890. The average Bonchev–Trinajstić information content (AvgIpc) is 2.96. The quantitative estimate of drug-likeness (QED) is 0.688. The lowest BCUT2D eigenvalue weighted by Gasteiger charge is -2.27. The Kier molecular flexibility index (Phi) is 6.67. The van der Waals surface area contributed by atoms with E-state index in [4.69, 9.17) is 0 Å². The molecule has 2 aliphatic rings. The number of hydrogen-bond acceptors (Lipinski definition) is 4. The van der Waals surface area contributed by atoms with Crippen molar-refractivity contribution in [3.05, 3.63) is 35.4 Å². The molecule has 7 heteroatoms. The number of rotatable bonds is 7. The molecule has 1 aliphatic heterocycles. The molecule has 7 nitrogen and oxygen atoms in total. The summed E-state index contributed by atoms with van der Waals surface area (Å²) in [6.07, 6.45) is 5.66. The van der Waals surface area contributed by atoms with Crippen LogP contribution in [0.2, 0.25) is 0 Å². The van der Waals surface area contributed by atoms with E-state index in [2.05, 4.69) is 10.6 Å². The van der Waals surface area contributed by atoms with Gasteiger partial charge in [0.05, 0.1) is 17.7 Å². The summed E-state index contributed by atoms with van der Waals surface area (Å²) in [7, 11) is 0. The van der Waals surface area contributed by atoms with Crippen molar-refractivity contribution in [2.24, 2.45) is 5.92 Å². The van der Waals surface area contributed by atoms with Crippen LogP contribution in [0.5, 0.6) is 0 Å². The van der Waals surface area contributed by atoms with Gasteiger partial charge in [-0.05, 0) is 37.3 Å². The number of nitrogens with one attached hydrogen (secondary N) is 2. The van der Waals surface area contributed by atoms with Crippen molar-refractivity contribution in [2.45, 2.75) is 64.5 Å². The number of benzene rings is 1. The van der Waals surface area contributed by atoms with E-state index >= 15 is 0 Å². The number of fused-ring (bicyclic) bond motifs is 1. The first-order valence-corrected chi connectivity index (χ1v) is 10.4. The zero-order valence-electron chi connectivity index (χ0n) is 17.1. The standard InChI is InChI=1S/C22H29N3O4/c1-14(2)12-18(25-21(28)16-10-6-7-11-17(16)22(25)29)20(27)23-13-19(26)24-15-8-4-3-5-9-15/h6-7,10-11,14-15,18H,3-5,8-9,12-13H2,1-2H3,(H,23,27)(H,24,26). The topological polar surface area (TPSA) is 95.6 Å². The molecule has 3 rings (SSSR count). The number of nitrogens with zero attached hydrogens (tertiary/aromatic N) is 1. The fraction of sp³-hybridized carbons (Fsp3) is 0.545. The van der Waals surface area contributed by atoms with Gasteiger partial charge in [-0.3, -0.25) is 24.1 Å². The van der Waals surface area contributed by atoms with E-state index in [0.717, 1.165) is 30.6 Å². The Morgan fingerprint density at radius 3 is 2.17 bits per heavy atom. The molecule has 0 saturated heterocycles. The molecule has 1 heterocycles. The van der Waals surface area contributed by atoms with Gasteiger partial charge in [0.1, 0.15) is 6.04 Å². The highest BCUT2D eigenvalue weighted by Gasteiger charge is 2.42. The largest absolute Gasteiger partial charge is 0.352 e. The maximum absolute atomic E-state index is 12.9. The second kappa shape index (κ2) is 9.20. The fourth-order valence-corrected chi connectivity index (χ4v) is 4.08. The smallest absolute Gasteiger partial charge is 0.262 e. The van der Waals surface area contributed by atoms with Gasteiger partial charge in [0.2, 0.25) is 11.8 Å². The third kappa shape index (κ3) is 4.83. The summed E-state index contributed by atoms with van der Waals surface area (Å²) < 4.78 is 0. The zero-order chi connectivity index (χ0) is 21.0. The Bertz CT molecular complexity index is 764. The fourth-order valence-electron chi connectivity index (χ4n) is 4.08. The third-order valence-corrected chi connectivity index (χ3v) is 5.53. The highest BCUT2D eigenvalue weighted by molar-refractivity contribution is 6.22. The van der Waals surface area contributed by atoms with Crippen LogP contribution >= 0.6 is 0 Å². The minimum Gasteiger partial charge on any atom is -0.352 e. The minimum atomic E-state index is -0.940. The van der Waals surface area contributed by atoms with Crippen molar-refractivity contribution in [3.63, 3.8) is 0 Å². The molecule has 1 fully saturated rings. The number of imide groups is 1. The first kappa shape index (κ1) is 21.0. The highest BCUT2D eigenvalue weighted by atomic mass is 16.2. The molecule has 0 bridgehead atoms. The first-order chi connectivity index (χ1) is 13.9. The molecule has 29 heavy (non-hydrogen) atoms. The van der Waals surface area contributed by atoms with Gasteiger partial charge in [0.15, 0.2) is 0 Å². The van der Waals surface area contributed by atoms with Crippen LogP contribution in [-0.4, -0.2) is 47.2 Å². The number of carbonyl (C=O) groups is 4. The maximum Gasteiger partial charge on any atom is 0.262 e. The van der Waals surface area contributed by atoms with Gasteiger partial charge in [-0.25, -0.2) is 0 Å². The molecular formula is C22H29N3O4. The van der Waals surface area contributed by atoms with Crippen LogP contribution in [0.15, 0.2) is 24.3 Å². The predicted octanol–water partition coefficient (Wildman–Crippen LogP) is 2.26. The van der Waals surface area contributed by atoms with Crippen LogP contribution in [0.1, 0.15) is 73.1 Å². The van der Waals surface area contributed by atoms with E-state index in [1.807, 2.05) is 13.8 Å². The predicted molar refractivity (Wildman–Crippen MR) is 108 cm³/mol. The van der Waals surface area contributed by atoms with Crippen LogP contribution in [0, 0.1) is 5.92 Å². The molecule has 1 aromatic rings. The van der Waals surface area contributed by atoms with Crippen molar-refractivity contribution in [1.82, 2.24) is 15.5 Å². The normalized spacial score (nSPS) is 18.0. The summed E-state index contributed by atoms with van der Waals surface area (Å²) in [4.78, 5) is 51.7. The second-order valence-corrected chi connectivity index (χ2v) is 8.29. The number of amides is 4. The molecule has 2 N–H and O–H groups in total. The van der Waals surface area contributed by atoms with Gasteiger partial charge >= 0.3 is 0 Å². The molecule has 0 spiro atoms. The molecular weight excluding hydrogens is 370 g/mol. The lowest BCUT2D eigenvalue weighted by Crippen LogP contribution is -2.52. The van der Waals surface area contributed by atoms with E-state index < -0.39 is 23.8 Å². The summed E-state index contributed by atoms with van der Waals surface area (Å²) in [5, 5.41) is 5.58. The van der Waals surface area contributed by atoms with E-state index in [0.29, 0.717) is 17.5 Å². The number of carbonyl (C=O) groups excluding carboxylic acids is 4. The zero-order valence-corrected chi connectivity index (χ0v) is 17.1. The van der Waals surface area contributed by atoms with E-state index in [1.54, 1.807) is 24.3 Å². The maximum atomic E-state index is 12.9.